The van der Waals surface area contributed by atoms with Crippen LogP contribution in [0.4, 0.5) is 0 Å². The lowest BCUT2D eigenvalue weighted by Gasteiger charge is -2.20. The molecule has 0 aromatic heterocycles. The predicted molar refractivity (Wildman–Crippen MR) is 71.0 cm³/mol. The van der Waals surface area contributed by atoms with E-state index in [2.05, 4.69) is 0 Å². The van der Waals surface area contributed by atoms with Gasteiger partial charge in [0.25, 0.3) is 0 Å². The summed E-state index contributed by atoms with van der Waals surface area (Å²) < 4.78 is 26.2. The zero-order valence-corrected chi connectivity index (χ0v) is 11.9. The molecule has 0 atom stereocenters. The van der Waals surface area contributed by atoms with Gasteiger partial charge in [0.2, 0.25) is 10.0 Å². The molecule has 0 bridgehead atoms. The fraction of sp³-hybridized carbons (Fsp3) is 0.417. The molecular weight excluding hydrogens is 290 g/mol. The van der Waals surface area contributed by atoms with Crippen molar-refractivity contribution < 1.29 is 18.3 Å². The van der Waals surface area contributed by atoms with Crippen LogP contribution < -0.4 is 0 Å². The fourth-order valence-electron chi connectivity index (χ4n) is 1.95. The highest BCUT2D eigenvalue weighted by molar-refractivity contribution is 7.89. The van der Waals surface area contributed by atoms with Crippen molar-refractivity contribution in [2.45, 2.75) is 30.7 Å². The Morgan fingerprint density at radius 1 is 1.47 bits per heavy atom. The smallest absolute Gasteiger partial charge is 0.337 e. The Hall–Kier alpha value is -1.11. The van der Waals surface area contributed by atoms with Crippen LogP contribution in [0.15, 0.2) is 23.1 Å². The molecular formula is C12H14ClNO4S. The molecule has 1 aliphatic carbocycles. The van der Waals surface area contributed by atoms with Crippen LogP contribution in [0.5, 0.6) is 0 Å². The van der Waals surface area contributed by atoms with Crippen LogP contribution in [0.25, 0.3) is 0 Å². The minimum absolute atomic E-state index is 0.0382. The highest BCUT2D eigenvalue weighted by Crippen LogP contribution is 2.32. The molecule has 1 aromatic carbocycles. The molecule has 0 spiro atoms. The van der Waals surface area contributed by atoms with Crippen molar-refractivity contribution in [1.82, 2.24) is 4.31 Å². The van der Waals surface area contributed by atoms with Gasteiger partial charge in [0.15, 0.2) is 0 Å². The van der Waals surface area contributed by atoms with Crippen LogP contribution in [-0.2, 0) is 10.0 Å². The van der Waals surface area contributed by atoms with Crippen LogP contribution >= 0.6 is 11.6 Å². The van der Waals surface area contributed by atoms with Crippen molar-refractivity contribution in [2.75, 3.05) is 6.54 Å². The Morgan fingerprint density at radius 3 is 2.53 bits per heavy atom. The van der Waals surface area contributed by atoms with Crippen LogP contribution in [0.1, 0.15) is 30.1 Å². The number of rotatable bonds is 5. The first-order valence-corrected chi connectivity index (χ1v) is 7.74. The number of carboxylic acid groups (broad SMARTS) is 1. The van der Waals surface area contributed by atoms with Gasteiger partial charge in [-0.2, -0.15) is 4.31 Å². The second-order valence-corrected chi connectivity index (χ2v) is 6.68. The number of sulfonamides is 1. The van der Waals surface area contributed by atoms with Gasteiger partial charge in [-0.25, -0.2) is 13.2 Å². The molecule has 0 amide bonds. The summed E-state index contributed by atoms with van der Waals surface area (Å²) >= 11 is 5.81. The molecule has 1 fully saturated rings. The normalized spacial score (nSPS) is 15.7. The third kappa shape index (κ3) is 2.75. The average molecular weight is 304 g/mol. The van der Waals surface area contributed by atoms with Crippen LogP contribution in [0.2, 0.25) is 5.02 Å². The van der Waals surface area contributed by atoms with Gasteiger partial charge in [-0.3, -0.25) is 0 Å². The number of halogens is 1. The first kappa shape index (κ1) is 14.3. The number of carbonyl (C=O) groups is 1. The van der Waals surface area contributed by atoms with E-state index >= 15 is 0 Å². The van der Waals surface area contributed by atoms with Gasteiger partial charge in [0.05, 0.1) is 15.5 Å². The zero-order valence-electron chi connectivity index (χ0n) is 10.3. The molecule has 7 heteroatoms. The third-order valence-corrected chi connectivity index (χ3v) is 5.38. The van der Waals surface area contributed by atoms with E-state index in [-0.39, 0.29) is 21.5 Å². The van der Waals surface area contributed by atoms with Crippen molar-refractivity contribution in [1.29, 1.82) is 0 Å². The summed E-state index contributed by atoms with van der Waals surface area (Å²) in [4.78, 5) is 10.9. The molecule has 104 valence electrons. The SMILES string of the molecule is CCN(C1CC1)S(=O)(=O)c1ccc(C(=O)O)c(Cl)c1. The summed E-state index contributed by atoms with van der Waals surface area (Å²) in [6.07, 6.45) is 1.74. The molecule has 5 nitrogen and oxygen atoms in total. The fourth-order valence-corrected chi connectivity index (χ4v) is 4.00. The van der Waals surface area contributed by atoms with Crippen molar-refractivity contribution in [3.63, 3.8) is 0 Å². The summed E-state index contributed by atoms with van der Waals surface area (Å²) in [6, 6.07) is 3.77. The van der Waals surface area contributed by atoms with E-state index in [0.29, 0.717) is 6.54 Å². The van der Waals surface area contributed by atoms with Gasteiger partial charge in [-0.15, -0.1) is 0 Å². The van der Waals surface area contributed by atoms with Crippen LogP contribution in [0, 0.1) is 0 Å². The van der Waals surface area contributed by atoms with E-state index in [1.807, 2.05) is 0 Å². The Balaban J connectivity index is 2.40. The maximum Gasteiger partial charge on any atom is 0.337 e. The molecule has 1 aromatic rings. The lowest BCUT2D eigenvalue weighted by molar-refractivity contribution is 0.0697. The van der Waals surface area contributed by atoms with E-state index in [4.69, 9.17) is 16.7 Å². The van der Waals surface area contributed by atoms with Crippen molar-refractivity contribution in [2.24, 2.45) is 0 Å². The summed E-state index contributed by atoms with van der Waals surface area (Å²) in [5.41, 5.74) is -0.102. The number of hydrogen-bond acceptors (Lipinski definition) is 3. The summed E-state index contributed by atoms with van der Waals surface area (Å²) in [5.74, 6) is -1.18. The molecule has 0 unspecified atom stereocenters. The van der Waals surface area contributed by atoms with Gasteiger partial charge in [0.1, 0.15) is 0 Å². The Bertz CT molecular complexity index is 610. The van der Waals surface area contributed by atoms with E-state index in [1.165, 1.54) is 22.5 Å². The Morgan fingerprint density at radius 2 is 2.11 bits per heavy atom. The first-order chi connectivity index (χ1) is 8.87. The molecule has 1 N–H and O–H groups in total. The monoisotopic (exact) mass is 303 g/mol. The Kier molecular flexibility index (Phi) is 3.85. The average Bonchev–Trinajstić information content (AvgIpc) is 3.13. The van der Waals surface area contributed by atoms with Crippen molar-refractivity contribution in [3.05, 3.63) is 28.8 Å². The predicted octanol–water partition coefficient (Wildman–Crippen LogP) is 2.21. The van der Waals surface area contributed by atoms with Crippen LogP contribution in [0.3, 0.4) is 0 Å². The highest BCUT2D eigenvalue weighted by atomic mass is 35.5. The lowest BCUT2D eigenvalue weighted by Crippen LogP contribution is -2.32. The Labute approximate surface area is 116 Å². The second-order valence-electron chi connectivity index (χ2n) is 4.39. The molecule has 19 heavy (non-hydrogen) atoms. The van der Waals surface area contributed by atoms with Gasteiger partial charge in [-0.05, 0) is 31.0 Å². The molecule has 2 rings (SSSR count). The van der Waals surface area contributed by atoms with Gasteiger partial charge < -0.3 is 5.11 Å². The minimum Gasteiger partial charge on any atom is -0.478 e. The topological polar surface area (TPSA) is 74.7 Å². The summed E-state index contributed by atoms with van der Waals surface area (Å²) in [6.45, 7) is 2.17. The number of hydrogen-bond donors (Lipinski definition) is 1. The molecule has 0 heterocycles. The van der Waals surface area contributed by atoms with Gasteiger partial charge in [-0.1, -0.05) is 18.5 Å². The number of benzene rings is 1. The van der Waals surface area contributed by atoms with E-state index < -0.39 is 16.0 Å². The van der Waals surface area contributed by atoms with E-state index in [0.717, 1.165) is 12.8 Å². The van der Waals surface area contributed by atoms with E-state index in [9.17, 15) is 13.2 Å². The minimum atomic E-state index is -3.60. The summed E-state index contributed by atoms with van der Waals surface area (Å²) in [7, 11) is -3.60. The quantitative estimate of drug-likeness (QED) is 0.905. The summed E-state index contributed by atoms with van der Waals surface area (Å²) in [5, 5.41) is 8.80. The lowest BCUT2D eigenvalue weighted by atomic mass is 10.2. The molecule has 1 aliphatic rings. The standard InChI is InChI=1S/C12H14ClNO4S/c1-2-14(8-3-4-8)19(17,18)9-5-6-10(12(15)16)11(13)7-9/h5-8H,2-4H2,1H3,(H,15,16). The molecule has 1 saturated carbocycles. The van der Waals surface area contributed by atoms with Crippen molar-refractivity contribution in [3.8, 4) is 0 Å². The van der Waals surface area contributed by atoms with Gasteiger partial charge >= 0.3 is 5.97 Å². The first-order valence-electron chi connectivity index (χ1n) is 5.92. The van der Waals surface area contributed by atoms with Crippen molar-refractivity contribution >= 4 is 27.6 Å². The molecule has 0 saturated heterocycles. The zero-order chi connectivity index (χ0) is 14.2. The number of carboxylic acids is 1. The largest absolute Gasteiger partial charge is 0.478 e. The van der Waals surface area contributed by atoms with Crippen LogP contribution in [-0.4, -0.2) is 36.4 Å². The van der Waals surface area contributed by atoms with Gasteiger partial charge in [0, 0.05) is 12.6 Å². The number of nitrogens with zero attached hydrogens (tertiary/aromatic N) is 1. The third-order valence-electron chi connectivity index (χ3n) is 3.04. The molecule has 0 radical (unpaired) electrons. The van der Waals surface area contributed by atoms with E-state index in [1.54, 1.807) is 6.92 Å². The number of aromatic carboxylic acids is 1. The second kappa shape index (κ2) is 5.11. The maximum atomic E-state index is 12.4. The molecule has 0 aliphatic heterocycles. The highest BCUT2D eigenvalue weighted by Gasteiger charge is 2.37. The maximum absolute atomic E-state index is 12.4.